The van der Waals surface area contributed by atoms with Crippen molar-refractivity contribution >= 4 is 0 Å². The number of halogens is 1. The van der Waals surface area contributed by atoms with E-state index >= 15 is 0 Å². The summed E-state index contributed by atoms with van der Waals surface area (Å²) in [5.41, 5.74) is 0.725. The maximum Gasteiger partial charge on any atom is 0.129 e. The van der Waals surface area contributed by atoms with Crippen molar-refractivity contribution in [3.05, 3.63) is 29.8 Å². The van der Waals surface area contributed by atoms with Crippen molar-refractivity contribution in [2.45, 2.75) is 12.6 Å². The lowest BCUT2D eigenvalue weighted by Crippen LogP contribution is -2.13. The highest BCUT2D eigenvalue weighted by molar-refractivity contribution is 5.30. The maximum atomic E-state index is 14.1. The molecule has 3 heteroatoms. The van der Waals surface area contributed by atoms with Crippen molar-refractivity contribution in [2.24, 2.45) is 5.92 Å². The molecule has 0 aliphatic carbocycles. The fourth-order valence-corrected chi connectivity index (χ4v) is 2.01. The van der Waals surface area contributed by atoms with Crippen LogP contribution in [0.4, 0.5) is 4.39 Å². The summed E-state index contributed by atoms with van der Waals surface area (Å²) in [4.78, 5) is 0. The highest BCUT2D eigenvalue weighted by Crippen LogP contribution is 2.31. The molecule has 0 bridgehead atoms. The molecule has 0 radical (unpaired) electrons. The van der Waals surface area contributed by atoms with Crippen molar-refractivity contribution in [1.82, 2.24) is 5.32 Å². The van der Waals surface area contributed by atoms with E-state index in [0.29, 0.717) is 0 Å². The van der Waals surface area contributed by atoms with Crippen LogP contribution >= 0.6 is 0 Å². The Bertz CT molecular complexity index is 323. The number of methoxy groups -OCH3 is 1. The third kappa shape index (κ3) is 2.29. The van der Waals surface area contributed by atoms with E-state index in [9.17, 15) is 4.39 Å². The van der Waals surface area contributed by atoms with E-state index in [0.717, 1.165) is 30.8 Å². The first kappa shape index (κ1) is 10.4. The molecule has 1 saturated heterocycles. The van der Waals surface area contributed by atoms with Crippen LogP contribution in [0.25, 0.3) is 0 Å². The highest BCUT2D eigenvalue weighted by Gasteiger charge is 2.25. The summed E-state index contributed by atoms with van der Waals surface area (Å²) in [5, 5.41) is 3.18. The molecular formula is C12H16FNO. The van der Waals surface area contributed by atoms with E-state index in [2.05, 4.69) is 5.32 Å². The van der Waals surface area contributed by atoms with Gasteiger partial charge in [0.2, 0.25) is 0 Å². The van der Waals surface area contributed by atoms with Crippen LogP contribution in [0, 0.1) is 5.92 Å². The molecule has 1 aromatic carbocycles. The van der Waals surface area contributed by atoms with Gasteiger partial charge in [-0.3, -0.25) is 0 Å². The Kier molecular flexibility index (Phi) is 3.21. The van der Waals surface area contributed by atoms with Gasteiger partial charge in [0.15, 0.2) is 0 Å². The van der Waals surface area contributed by atoms with Crippen LogP contribution in [-0.4, -0.2) is 20.2 Å². The molecule has 82 valence electrons. The second-order valence-corrected chi connectivity index (χ2v) is 3.93. The molecule has 2 rings (SSSR count). The first-order chi connectivity index (χ1) is 7.31. The summed E-state index contributed by atoms with van der Waals surface area (Å²) in [5.74, 6) is 0.832. The monoisotopic (exact) mass is 209 g/mol. The molecule has 1 N–H and O–H groups in total. The fourth-order valence-electron chi connectivity index (χ4n) is 2.01. The average Bonchev–Trinajstić information content (AvgIpc) is 2.81. The molecule has 1 aromatic rings. The van der Waals surface area contributed by atoms with Gasteiger partial charge in [-0.05, 0) is 30.7 Å². The molecule has 2 unspecified atom stereocenters. The Hall–Kier alpha value is -1.09. The number of hydrogen-bond donors (Lipinski definition) is 1. The van der Waals surface area contributed by atoms with E-state index in [1.165, 1.54) is 0 Å². The second kappa shape index (κ2) is 4.62. The van der Waals surface area contributed by atoms with Gasteiger partial charge in [0.05, 0.1) is 7.11 Å². The molecular weight excluding hydrogens is 193 g/mol. The zero-order valence-corrected chi connectivity index (χ0v) is 8.87. The third-order valence-electron chi connectivity index (χ3n) is 2.92. The summed E-state index contributed by atoms with van der Waals surface area (Å²) in [7, 11) is 1.60. The minimum absolute atomic E-state index is 0.108. The first-order valence-corrected chi connectivity index (χ1v) is 5.30. The van der Waals surface area contributed by atoms with Crippen LogP contribution in [0.3, 0.4) is 0 Å². The van der Waals surface area contributed by atoms with Gasteiger partial charge in [-0.25, -0.2) is 4.39 Å². The summed E-state index contributed by atoms with van der Waals surface area (Å²) in [6.45, 7) is 1.70. The van der Waals surface area contributed by atoms with Gasteiger partial charge in [-0.2, -0.15) is 0 Å². The first-order valence-electron chi connectivity index (χ1n) is 5.30. The Balaban J connectivity index is 2.13. The van der Waals surface area contributed by atoms with E-state index in [1.807, 2.05) is 18.2 Å². The molecule has 0 saturated carbocycles. The predicted octanol–water partition coefficient (Wildman–Crippen LogP) is 2.32. The third-order valence-corrected chi connectivity index (χ3v) is 2.92. The molecule has 1 fully saturated rings. The molecule has 0 spiro atoms. The lowest BCUT2D eigenvalue weighted by molar-refractivity contribution is 0.245. The Morgan fingerprint density at radius 3 is 3.07 bits per heavy atom. The van der Waals surface area contributed by atoms with Gasteiger partial charge >= 0.3 is 0 Å². The van der Waals surface area contributed by atoms with Crippen LogP contribution in [0.15, 0.2) is 24.3 Å². The van der Waals surface area contributed by atoms with Gasteiger partial charge in [-0.15, -0.1) is 0 Å². The lowest BCUT2D eigenvalue weighted by Gasteiger charge is -2.15. The van der Waals surface area contributed by atoms with Gasteiger partial charge in [0, 0.05) is 12.5 Å². The number of alkyl halides is 1. The number of nitrogens with one attached hydrogen (secondary N) is 1. The minimum Gasteiger partial charge on any atom is -0.497 e. The molecule has 0 amide bonds. The SMILES string of the molecule is COc1cccc(C(F)C2CCNC2)c1. The number of benzene rings is 1. The molecule has 15 heavy (non-hydrogen) atoms. The largest absolute Gasteiger partial charge is 0.497 e. The quantitative estimate of drug-likeness (QED) is 0.824. The summed E-state index contributed by atoms with van der Waals surface area (Å²) < 4.78 is 19.1. The van der Waals surface area contributed by atoms with Crippen LogP contribution in [-0.2, 0) is 0 Å². The van der Waals surface area contributed by atoms with Gasteiger partial charge in [0.1, 0.15) is 11.9 Å². The number of hydrogen-bond acceptors (Lipinski definition) is 2. The average molecular weight is 209 g/mol. The lowest BCUT2D eigenvalue weighted by atomic mass is 9.96. The Morgan fingerprint density at radius 1 is 1.53 bits per heavy atom. The van der Waals surface area contributed by atoms with Gasteiger partial charge in [-0.1, -0.05) is 12.1 Å². The fraction of sp³-hybridized carbons (Fsp3) is 0.500. The molecule has 1 aliphatic rings. The van der Waals surface area contributed by atoms with Crippen molar-refractivity contribution in [3.63, 3.8) is 0 Å². The summed E-state index contributed by atoms with van der Waals surface area (Å²) >= 11 is 0. The molecule has 0 aromatic heterocycles. The highest BCUT2D eigenvalue weighted by atomic mass is 19.1. The minimum atomic E-state index is -0.880. The van der Waals surface area contributed by atoms with Crippen LogP contribution < -0.4 is 10.1 Å². The maximum absolute atomic E-state index is 14.1. The molecule has 1 heterocycles. The van der Waals surface area contributed by atoms with Crippen molar-refractivity contribution in [2.75, 3.05) is 20.2 Å². The van der Waals surface area contributed by atoms with Gasteiger partial charge in [0.25, 0.3) is 0 Å². The van der Waals surface area contributed by atoms with E-state index in [4.69, 9.17) is 4.74 Å². The van der Waals surface area contributed by atoms with Crippen LogP contribution in [0.5, 0.6) is 5.75 Å². The Labute approximate surface area is 89.4 Å². The molecule has 2 atom stereocenters. The zero-order chi connectivity index (χ0) is 10.7. The topological polar surface area (TPSA) is 21.3 Å². The molecule has 1 aliphatic heterocycles. The van der Waals surface area contributed by atoms with Crippen molar-refractivity contribution in [3.8, 4) is 5.75 Å². The van der Waals surface area contributed by atoms with E-state index in [-0.39, 0.29) is 5.92 Å². The summed E-state index contributed by atoms with van der Waals surface area (Å²) in [6.07, 6.45) is 0.0355. The van der Waals surface area contributed by atoms with Gasteiger partial charge < -0.3 is 10.1 Å². The Morgan fingerprint density at radius 2 is 2.40 bits per heavy atom. The van der Waals surface area contributed by atoms with E-state index < -0.39 is 6.17 Å². The zero-order valence-electron chi connectivity index (χ0n) is 8.87. The number of rotatable bonds is 3. The summed E-state index contributed by atoms with van der Waals surface area (Å²) in [6, 6.07) is 7.28. The predicted molar refractivity (Wildman–Crippen MR) is 57.8 cm³/mol. The molecule has 2 nitrogen and oxygen atoms in total. The number of ether oxygens (including phenoxy) is 1. The van der Waals surface area contributed by atoms with E-state index in [1.54, 1.807) is 13.2 Å². The standard InChI is InChI=1S/C12H16FNO/c1-15-11-4-2-3-9(7-11)12(13)10-5-6-14-8-10/h2-4,7,10,12,14H,5-6,8H2,1H3. The van der Waals surface area contributed by atoms with Crippen LogP contribution in [0.1, 0.15) is 18.2 Å². The second-order valence-electron chi connectivity index (χ2n) is 3.93. The van der Waals surface area contributed by atoms with Crippen LogP contribution in [0.2, 0.25) is 0 Å². The smallest absolute Gasteiger partial charge is 0.129 e. The normalized spacial score (nSPS) is 22.7. The van der Waals surface area contributed by atoms with Crippen molar-refractivity contribution < 1.29 is 9.13 Å². The van der Waals surface area contributed by atoms with Crippen molar-refractivity contribution in [1.29, 1.82) is 0 Å².